The monoisotopic (exact) mass is 250 g/mol. The summed E-state index contributed by atoms with van der Waals surface area (Å²) in [5, 5.41) is 2.83. The number of carbonyl (C=O) groups is 1. The van der Waals surface area contributed by atoms with Crippen molar-refractivity contribution in [2.24, 2.45) is 5.73 Å². The molecule has 0 heterocycles. The lowest BCUT2D eigenvalue weighted by atomic mass is 10.1. The van der Waals surface area contributed by atoms with E-state index in [0.29, 0.717) is 19.4 Å². The molecule has 0 radical (unpaired) electrons. The Morgan fingerprint density at radius 3 is 2.67 bits per heavy atom. The highest BCUT2D eigenvalue weighted by Gasteiger charge is 2.12. The molecular weight excluding hydrogens is 228 g/mol. The van der Waals surface area contributed by atoms with Gasteiger partial charge >= 0.3 is 0 Å². The first-order valence-corrected chi connectivity index (χ1v) is 6.10. The molecule has 0 aliphatic rings. The van der Waals surface area contributed by atoms with E-state index < -0.39 is 0 Å². The number of amides is 1. The minimum absolute atomic E-state index is 0.0134. The van der Waals surface area contributed by atoms with E-state index in [1.165, 1.54) is 0 Å². The summed E-state index contributed by atoms with van der Waals surface area (Å²) in [5.41, 5.74) is 6.47. The van der Waals surface area contributed by atoms with Crippen LogP contribution in [0.4, 0.5) is 0 Å². The van der Waals surface area contributed by atoms with Gasteiger partial charge in [-0.1, -0.05) is 18.2 Å². The third-order valence-corrected chi connectivity index (χ3v) is 2.56. The molecule has 1 amide bonds. The normalized spacial score (nSPS) is 11.1. The molecule has 18 heavy (non-hydrogen) atoms. The van der Waals surface area contributed by atoms with E-state index in [2.05, 4.69) is 5.32 Å². The van der Waals surface area contributed by atoms with Crippen LogP contribution in [0, 0.1) is 0 Å². The van der Waals surface area contributed by atoms with Gasteiger partial charge in [-0.15, -0.1) is 0 Å². The second-order valence-corrected chi connectivity index (χ2v) is 5.08. The van der Waals surface area contributed by atoms with Gasteiger partial charge in [0.2, 0.25) is 5.91 Å². The summed E-state index contributed by atoms with van der Waals surface area (Å²) in [5.74, 6) is 0.837. The molecule has 0 aliphatic carbocycles. The van der Waals surface area contributed by atoms with Crippen LogP contribution in [0.5, 0.6) is 5.75 Å². The first-order chi connectivity index (χ1) is 8.42. The molecule has 1 aromatic rings. The molecule has 3 N–H and O–H groups in total. The number of methoxy groups -OCH3 is 1. The molecule has 4 heteroatoms. The zero-order valence-corrected chi connectivity index (χ0v) is 11.3. The van der Waals surface area contributed by atoms with Gasteiger partial charge < -0.3 is 15.8 Å². The summed E-state index contributed by atoms with van der Waals surface area (Å²) in [6.07, 6.45) is 1.11. The van der Waals surface area contributed by atoms with Gasteiger partial charge in [0, 0.05) is 18.5 Å². The number of hydrogen-bond donors (Lipinski definition) is 2. The van der Waals surface area contributed by atoms with Gasteiger partial charge in [0.25, 0.3) is 0 Å². The molecule has 1 rings (SSSR count). The van der Waals surface area contributed by atoms with Gasteiger partial charge in [0.1, 0.15) is 5.75 Å². The van der Waals surface area contributed by atoms with Crippen molar-refractivity contribution in [1.29, 1.82) is 0 Å². The molecule has 0 bridgehead atoms. The van der Waals surface area contributed by atoms with Crippen molar-refractivity contribution in [3.8, 4) is 5.75 Å². The third kappa shape index (κ3) is 5.19. The molecule has 0 aromatic heterocycles. The first kappa shape index (κ1) is 14.5. The molecule has 0 fully saturated rings. The van der Waals surface area contributed by atoms with Crippen LogP contribution in [-0.4, -0.2) is 25.1 Å². The van der Waals surface area contributed by atoms with E-state index in [0.717, 1.165) is 11.3 Å². The summed E-state index contributed by atoms with van der Waals surface area (Å²) >= 11 is 0. The van der Waals surface area contributed by atoms with Gasteiger partial charge in [-0.3, -0.25) is 4.79 Å². The predicted molar refractivity (Wildman–Crippen MR) is 72.6 cm³/mol. The zero-order chi connectivity index (χ0) is 13.6. The summed E-state index contributed by atoms with van der Waals surface area (Å²) < 4.78 is 5.24. The Hall–Kier alpha value is -1.55. The van der Waals surface area contributed by atoms with Crippen molar-refractivity contribution in [3.05, 3.63) is 29.8 Å². The fourth-order valence-electron chi connectivity index (χ4n) is 1.57. The molecule has 100 valence electrons. The fraction of sp³-hybridized carbons (Fsp3) is 0.500. The van der Waals surface area contributed by atoms with Crippen LogP contribution < -0.4 is 15.8 Å². The largest absolute Gasteiger partial charge is 0.496 e. The van der Waals surface area contributed by atoms with Crippen molar-refractivity contribution >= 4 is 5.91 Å². The third-order valence-electron chi connectivity index (χ3n) is 2.56. The van der Waals surface area contributed by atoms with Crippen LogP contribution >= 0.6 is 0 Å². The van der Waals surface area contributed by atoms with E-state index in [9.17, 15) is 4.79 Å². The number of nitrogens with one attached hydrogen (secondary N) is 1. The molecule has 1 aromatic carbocycles. The second-order valence-electron chi connectivity index (χ2n) is 5.08. The average Bonchev–Trinajstić information content (AvgIpc) is 2.33. The number of carbonyl (C=O) groups excluding carboxylic acids is 1. The van der Waals surface area contributed by atoms with Crippen molar-refractivity contribution in [2.75, 3.05) is 13.7 Å². The summed E-state index contributed by atoms with van der Waals surface area (Å²) in [6, 6.07) is 7.73. The van der Waals surface area contributed by atoms with E-state index in [1.54, 1.807) is 7.11 Å². The van der Waals surface area contributed by atoms with Gasteiger partial charge in [-0.05, 0) is 31.9 Å². The molecule has 0 unspecified atom stereocenters. The minimum Gasteiger partial charge on any atom is -0.496 e. The van der Waals surface area contributed by atoms with Crippen LogP contribution in [-0.2, 0) is 11.2 Å². The van der Waals surface area contributed by atoms with Crippen molar-refractivity contribution in [2.45, 2.75) is 32.2 Å². The van der Waals surface area contributed by atoms with Crippen LogP contribution in [0.15, 0.2) is 24.3 Å². The highest BCUT2D eigenvalue weighted by atomic mass is 16.5. The average molecular weight is 250 g/mol. The Labute approximate surface area is 109 Å². The van der Waals surface area contributed by atoms with E-state index in [-0.39, 0.29) is 11.4 Å². The van der Waals surface area contributed by atoms with Crippen LogP contribution in [0.25, 0.3) is 0 Å². The quantitative estimate of drug-likeness (QED) is 0.804. The van der Waals surface area contributed by atoms with Gasteiger partial charge in [0.05, 0.1) is 7.11 Å². The molecule has 4 nitrogen and oxygen atoms in total. The minimum atomic E-state index is -0.375. The molecule has 0 atom stereocenters. The Bertz CT molecular complexity index is 397. The number of rotatable bonds is 6. The van der Waals surface area contributed by atoms with Gasteiger partial charge in [0.15, 0.2) is 0 Å². The standard InChI is InChI=1S/C14H22N2O2/c1-14(2,15)10-16-13(17)9-8-11-6-4-5-7-12(11)18-3/h4-7H,8-10,15H2,1-3H3,(H,16,17). The lowest BCUT2D eigenvalue weighted by Crippen LogP contribution is -2.45. The van der Waals surface area contributed by atoms with Crippen molar-refractivity contribution < 1.29 is 9.53 Å². The highest BCUT2D eigenvalue weighted by molar-refractivity contribution is 5.76. The Morgan fingerprint density at radius 2 is 2.06 bits per heavy atom. The highest BCUT2D eigenvalue weighted by Crippen LogP contribution is 2.18. The van der Waals surface area contributed by atoms with Gasteiger partial charge in [-0.25, -0.2) is 0 Å². The molecule has 0 saturated carbocycles. The number of hydrogen-bond acceptors (Lipinski definition) is 3. The number of aryl methyl sites for hydroxylation is 1. The maximum atomic E-state index is 11.7. The number of benzene rings is 1. The van der Waals surface area contributed by atoms with E-state index >= 15 is 0 Å². The van der Waals surface area contributed by atoms with E-state index in [1.807, 2.05) is 38.1 Å². The number of para-hydroxylation sites is 1. The zero-order valence-electron chi connectivity index (χ0n) is 11.3. The lowest BCUT2D eigenvalue weighted by molar-refractivity contribution is -0.121. The predicted octanol–water partition coefficient (Wildman–Crippen LogP) is 1.48. The SMILES string of the molecule is COc1ccccc1CCC(=O)NCC(C)(C)N. The Morgan fingerprint density at radius 1 is 1.39 bits per heavy atom. The summed E-state index contributed by atoms with van der Waals surface area (Å²) in [7, 11) is 1.63. The second kappa shape index (κ2) is 6.40. The van der Waals surface area contributed by atoms with Crippen LogP contribution in [0.1, 0.15) is 25.8 Å². The van der Waals surface area contributed by atoms with Crippen molar-refractivity contribution in [1.82, 2.24) is 5.32 Å². The van der Waals surface area contributed by atoms with Crippen LogP contribution in [0.2, 0.25) is 0 Å². The lowest BCUT2D eigenvalue weighted by Gasteiger charge is -2.18. The van der Waals surface area contributed by atoms with Crippen molar-refractivity contribution in [3.63, 3.8) is 0 Å². The number of nitrogens with two attached hydrogens (primary N) is 1. The molecule has 0 spiro atoms. The van der Waals surface area contributed by atoms with Crippen LogP contribution in [0.3, 0.4) is 0 Å². The topological polar surface area (TPSA) is 64.3 Å². The maximum absolute atomic E-state index is 11.7. The molecule has 0 aliphatic heterocycles. The summed E-state index contributed by atoms with van der Waals surface area (Å²) in [4.78, 5) is 11.7. The van der Waals surface area contributed by atoms with E-state index in [4.69, 9.17) is 10.5 Å². The smallest absolute Gasteiger partial charge is 0.220 e. The number of ether oxygens (including phenoxy) is 1. The molecule has 0 saturated heterocycles. The Balaban J connectivity index is 2.43. The molecular formula is C14H22N2O2. The summed E-state index contributed by atoms with van der Waals surface area (Å²) in [6.45, 7) is 4.25. The fourth-order valence-corrected chi connectivity index (χ4v) is 1.57. The first-order valence-electron chi connectivity index (χ1n) is 6.10. The maximum Gasteiger partial charge on any atom is 0.220 e. The Kier molecular flexibility index (Phi) is 5.16. The van der Waals surface area contributed by atoms with Gasteiger partial charge in [-0.2, -0.15) is 0 Å².